The van der Waals surface area contributed by atoms with E-state index in [1.165, 1.54) is 0 Å². The fourth-order valence-electron chi connectivity index (χ4n) is 10.7. The molecule has 0 atom stereocenters. The third kappa shape index (κ3) is 7.49. The Morgan fingerprint density at radius 1 is 0.303 bits per heavy atom. The molecule has 0 aliphatic carbocycles. The molecular weight excluding hydrogens is 931 g/mol. The van der Waals surface area contributed by atoms with Crippen molar-refractivity contribution in [2.75, 3.05) is 0 Å². The number of benzene rings is 10. The summed E-state index contributed by atoms with van der Waals surface area (Å²) in [7, 11) is 0. The average Bonchev–Trinajstić information content (AvgIpc) is 4.07. The zero-order valence-electron chi connectivity index (χ0n) is 40.4. The number of aromatic nitrogens is 5. The summed E-state index contributed by atoms with van der Waals surface area (Å²) in [4.78, 5) is 15.8. The number of nitrogens with zero attached hydrogens (tertiary/aromatic N) is 9. The highest BCUT2D eigenvalue weighted by atomic mass is 15.1. The second-order valence-electron chi connectivity index (χ2n) is 18.4. The third-order valence-corrected chi connectivity index (χ3v) is 14.1. The van der Waals surface area contributed by atoms with Gasteiger partial charge in [0.15, 0.2) is 17.5 Å². The fraction of sp³-hybridized carbons (Fsp3) is 0. The largest absolute Gasteiger partial charge is 0.309 e. The molecule has 0 fully saturated rings. The number of fused-ring (bicyclic) bond motifs is 6. The van der Waals surface area contributed by atoms with Gasteiger partial charge >= 0.3 is 0 Å². The highest BCUT2D eigenvalue weighted by Crippen LogP contribution is 2.44. The summed E-state index contributed by atoms with van der Waals surface area (Å²) < 4.78 is 4.54. The maximum Gasteiger partial charge on any atom is 0.166 e. The molecule has 13 aromatic rings. The summed E-state index contributed by atoms with van der Waals surface area (Å²) in [6.45, 7) is 0. The van der Waals surface area contributed by atoms with Crippen LogP contribution in [0.15, 0.2) is 224 Å². The predicted octanol–water partition coefficient (Wildman–Crippen LogP) is 15.6. The quantitative estimate of drug-likeness (QED) is 0.147. The molecule has 0 bridgehead atoms. The zero-order valence-corrected chi connectivity index (χ0v) is 40.4. The topological polar surface area (TPSA) is 144 Å². The van der Waals surface area contributed by atoms with E-state index in [0.717, 1.165) is 93.9 Å². The van der Waals surface area contributed by atoms with Crippen LogP contribution in [0, 0.1) is 45.3 Å². The summed E-state index contributed by atoms with van der Waals surface area (Å²) in [5, 5.41) is 44.5. The van der Waals surface area contributed by atoms with Gasteiger partial charge in [-0.3, -0.25) is 0 Å². The molecule has 0 aliphatic rings. The molecule has 350 valence electrons. The molecular formula is C67H37N9. The van der Waals surface area contributed by atoms with Gasteiger partial charge in [0.2, 0.25) is 0 Å². The molecule has 76 heavy (non-hydrogen) atoms. The van der Waals surface area contributed by atoms with E-state index in [1.54, 1.807) is 24.3 Å². The molecule has 0 spiro atoms. The van der Waals surface area contributed by atoms with E-state index >= 15 is 0 Å². The minimum Gasteiger partial charge on any atom is -0.309 e. The van der Waals surface area contributed by atoms with Crippen LogP contribution in [0.2, 0.25) is 0 Å². The molecule has 0 radical (unpaired) electrons. The number of nitriles is 4. The predicted molar refractivity (Wildman–Crippen MR) is 300 cm³/mol. The van der Waals surface area contributed by atoms with Gasteiger partial charge < -0.3 is 9.13 Å². The first-order chi connectivity index (χ1) is 37.5. The Kier molecular flexibility index (Phi) is 10.8. The first-order valence-corrected chi connectivity index (χ1v) is 24.6. The van der Waals surface area contributed by atoms with Crippen molar-refractivity contribution in [2.45, 2.75) is 0 Å². The first kappa shape index (κ1) is 44.7. The number of rotatable bonds is 8. The fourth-order valence-corrected chi connectivity index (χ4v) is 10.7. The Labute approximate surface area is 436 Å². The van der Waals surface area contributed by atoms with Crippen LogP contribution in [0.5, 0.6) is 0 Å². The van der Waals surface area contributed by atoms with E-state index < -0.39 is 0 Å². The standard InChI is InChI=1S/C67H37N9/c68-38-42-23-28-52(49(33-42)40-70)47-25-30-55-56-31-26-48(53-29-24-43(39-69)34-50(53)41-71)37-63(56)76(62(55)36-47)60-32-27-46(54-20-12-22-61-64(54)57-19-10-11-21-59(57)75(61)51-17-8-3-9-18-51)35-58(60)67-73-65(44-13-4-1-5-14-44)72-66(74-67)45-15-6-2-7-16-45/h1-37H. The Bertz CT molecular complexity index is 4490. The third-order valence-electron chi connectivity index (χ3n) is 14.1. The van der Waals surface area contributed by atoms with Crippen LogP contribution in [0.1, 0.15) is 22.3 Å². The van der Waals surface area contributed by atoms with Crippen molar-refractivity contribution in [1.82, 2.24) is 24.1 Å². The molecule has 0 N–H and O–H groups in total. The van der Waals surface area contributed by atoms with E-state index in [-0.39, 0.29) is 0 Å². The lowest BCUT2D eigenvalue weighted by molar-refractivity contribution is 1.06. The van der Waals surface area contributed by atoms with Crippen molar-refractivity contribution >= 4 is 43.6 Å². The van der Waals surface area contributed by atoms with E-state index in [4.69, 9.17) is 15.0 Å². The van der Waals surface area contributed by atoms with Gasteiger partial charge in [0.25, 0.3) is 0 Å². The monoisotopic (exact) mass is 967 g/mol. The molecule has 13 rings (SSSR count). The number of hydrogen-bond acceptors (Lipinski definition) is 7. The molecule has 0 saturated heterocycles. The molecule has 0 unspecified atom stereocenters. The van der Waals surface area contributed by atoms with E-state index in [9.17, 15) is 21.0 Å². The maximum absolute atomic E-state index is 10.4. The molecule has 3 heterocycles. The summed E-state index contributed by atoms with van der Waals surface area (Å²) in [5.74, 6) is 1.47. The van der Waals surface area contributed by atoms with Crippen LogP contribution in [0.3, 0.4) is 0 Å². The van der Waals surface area contributed by atoms with Gasteiger partial charge in [-0.15, -0.1) is 0 Å². The smallest absolute Gasteiger partial charge is 0.166 e. The highest BCUT2D eigenvalue weighted by Gasteiger charge is 2.24. The lowest BCUT2D eigenvalue weighted by Crippen LogP contribution is -2.04. The summed E-state index contributed by atoms with van der Waals surface area (Å²) in [5.41, 5.74) is 14.5. The van der Waals surface area contributed by atoms with Gasteiger partial charge in [-0.05, 0) is 106 Å². The van der Waals surface area contributed by atoms with Crippen LogP contribution in [-0.4, -0.2) is 24.1 Å². The van der Waals surface area contributed by atoms with Crippen molar-refractivity contribution in [1.29, 1.82) is 21.0 Å². The molecule has 0 amide bonds. The Hall–Kier alpha value is -11.2. The summed E-state index contributed by atoms with van der Waals surface area (Å²) >= 11 is 0. The Morgan fingerprint density at radius 2 is 0.803 bits per heavy atom. The summed E-state index contributed by atoms with van der Waals surface area (Å²) in [6, 6.07) is 83.5. The molecule has 9 nitrogen and oxygen atoms in total. The highest BCUT2D eigenvalue weighted by molar-refractivity contribution is 6.16. The van der Waals surface area contributed by atoms with Crippen LogP contribution in [-0.2, 0) is 0 Å². The second kappa shape index (κ2) is 18.4. The normalized spacial score (nSPS) is 11.1. The lowest BCUT2D eigenvalue weighted by atomic mass is 9.96. The van der Waals surface area contributed by atoms with Crippen LogP contribution in [0.4, 0.5) is 0 Å². The van der Waals surface area contributed by atoms with Crippen LogP contribution in [0.25, 0.3) is 123 Å². The zero-order chi connectivity index (χ0) is 51.3. The maximum atomic E-state index is 10.4. The summed E-state index contributed by atoms with van der Waals surface area (Å²) in [6.07, 6.45) is 0. The first-order valence-electron chi connectivity index (χ1n) is 24.6. The van der Waals surface area contributed by atoms with Crippen LogP contribution >= 0.6 is 0 Å². The van der Waals surface area contributed by atoms with Crippen molar-refractivity contribution < 1.29 is 0 Å². The van der Waals surface area contributed by atoms with Crippen molar-refractivity contribution in [3.8, 4) is 103 Å². The molecule has 3 aromatic heterocycles. The minimum absolute atomic E-state index is 0.383. The van der Waals surface area contributed by atoms with E-state index in [1.807, 2.05) is 91.0 Å². The van der Waals surface area contributed by atoms with E-state index in [0.29, 0.717) is 50.9 Å². The van der Waals surface area contributed by atoms with Gasteiger partial charge in [-0.2, -0.15) is 21.0 Å². The minimum atomic E-state index is 0.383. The van der Waals surface area contributed by atoms with Gasteiger partial charge in [-0.25, -0.2) is 15.0 Å². The van der Waals surface area contributed by atoms with Gasteiger partial charge in [0, 0.05) is 43.9 Å². The molecule has 10 aromatic carbocycles. The molecule has 9 heteroatoms. The van der Waals surface area contributed by atoms with Gasteiger partial charge in [0.1, 0.15) is 0 Å². The average molecular weight is 968 g/mol. The van der Waals surface area contributed by atoms with Crippen molar-refractivity contribution in [3.05, 3.63) is 247 Å². The molecule has 0 aliphatic heterocycles. The number of hydrogen-bond donors (Lipinski definition) is 0. The van der Waals surface area contributed by atoms with Crippen LogP contribution < -0.4 is 0 Å². The second-order valence-corrected chi connectivity index (χ2v) is 18.4. The van der Waals surface area contributed by atoms with Crippen molar-refractivity contribution in [3.63, 3.8) is 0 Å². The Balaban J connectivity index is 1.15. The van der Waals surface area contributed by atoms with Crippen molar-refractivity contribution in [2.24, 2.45) is 0 Å². The number of para-hydroxylation sites is 2. The Morgan fingerprint density at radius 3 is 1.37 bits per heavy atom. The lowest BCUT2D eigenvalue weighted by Gasteiger charge is -2.17. The molecule has 0 saturated carbocycles. The van der Waals surface area contributed by atoms with Gasteiger partial charge in [0.05, 0.1) is 74.3 Å². The van der Waals surface area contributed by atoms with E-state index in [2.05, 4.69) is 143 Å². The SMILES string of the molecule is N#Cc1ccc(-c2ccc3c4ccc(-c5ccc(C#N)cc5C#N)cc4n(-c4ccc(-c5cccc6c5c5ccccc5n6-c5ccccc5)cc4-c4nc(-c5ccccc5)nc(-c5ccccc5)n4)c3c2)c(C#N)c1. The van der Waals surface area contributed by atoms with Gasteiger partial charge in [-0.1, -0.05) is 152 Å².